The van der Waals surface area contributed by atoms with Gasteiger partial charge in [0.1, 0.15) is 11.2 Å². The van der Waals surface area contributed by atoms with Gasteiger partial charge in [0.2, 0.25) is 0 Å². The van der Waals surface area contributed by atoms with E-state index in [0.717, 1.165) is 0 Å². The van der Waals surface area contributed by atoms with Crippen LogP contribution in [0.25, 0.3) is 76.9 Å². The van der Waals surface area contributed by atoms with Gasteiger partial charge in [-0.05, 0) is 103 Å². The summed E-state index contributed by atoms with van der Waals surface area (Å²) in [4.78, 5) is 1.72. The van der Waals surface area contributed by atoms with E-state index in [-0.39, 0.29) is 76.9 Å². The summed E-state index contributed by atoms with van der Waals surface area (Å²) >= 11 is 0. The smallest absolute Gasteiger partial charge is 0.136 e. The average molecular weight is 685 g/mol. The summed E-state index contributed by atoms with van der Waals surface area (Å²) in [6.45, 7) is 0. The molecule has 0 amide bonds. The number of benzene rings is 9. The van der Waals surface area contributed by atoms with Crippen LogP contribution in [0.4, 0.5) is 17.1 Å². The fourth-order valence-corrected chi connectivity index (χ4v) is 6.44. The summed E-state index contributed by atoms with van der Waals surface area (Å²) in [6.07, 6.45) is 0. The highest BCUT2D eigenvalue weighted by atomic mass is 16.3. The van der Waals surface area contributed by atoms with Gasteiger partial charge in [-0.1, -0.05) is 151 Å². The molecule has 244 valence electrons. The Balaban J connectivity index is 1.21. The van der Waals surface area contributed by atoms with Crippen LogP contribution in [0.1, 0.15) is 28.8 Å². The highest BCUT2D eigenvalue weighted by molar-refractivity contribution is 6.12. The van der Waals surface area contributed by atoms with Gasteiger partial charge in [0.15, 0.2) is 0 Å². The summed E-state index contributed by atoms with van der Waals surface area (Å²) in [5, 5.41) is -0.766. The van der Waals surface area contributed by atoms with E-state index >= 15 is 0 Å². The fourth-order valence-electron chi connectivity index (χ4n) is 6.44. The van der Waals surface area contributed by atoms with E-state index in [1.165, 1.54) is 0 Å². The third-order valence-corrected chi connectivity index (χ3v) is 8.79. The maximum Gasteiger partial charge on any atom is 0.136 e. The minimum absolute atomic E-state index is 0.0122. The topological polar surface area (TPSA) is 16.4 Å². The summed E-state index contributed by atoms with van der Waals surface area (Å²) in [7, 11) is 0. The van der Waals surface area contributed by atoms with Gasteiger partial charge < -0.3 is 9.32 Å². The Morgan fingerprint density at radius 2 is 0.885 bits per heavy atom. The SMILES string of the molecule is [2H]c1c([2H])c([2H])c2c(oc3c([2H])c([2H])c([2H])c(-c4cccc(N(c5ccc(-c6c([2H])c([2H])c([2H])c7c([2H])c([2H])c([2H])c([2H])c67)cc5)c5ccc(-c6c([2H])c([2H])c([2H])c7c([2H])c([2H])c([2H])c([2H])c67)cc5)c4)c32)c1[2H]. The van der Waals surface area contributed by atoms with E-state index in [1.54, 1.807) is 77.7 Å². The molecule has 0 saturated heterocycles. The van der Waals surface area contributed by atoms with E-state index < -0.39 is 127 Å². The lowest BCUT2D eigenvalue weighted by Crippen LogP contribution is -2.10. The van der Waals surface area contributed by atoms with Gasteiger partial charge in [0, 0.05) is 27.8 Å². The third-order valence-electron chi connectivity index (χ3n) is 8.79. The highest BCUT2D eigenvalue weighted by Gasteiger charge is 2.17. The maximum absolute atomic E-state index is 9.19. The first-order valence-corrected chi connectivity index (χ1v) is 16.0. The van der Waals surface area contributed by atoms with Gasteiger partial charge in [0.05, 0.1) is 28.8 Å². The number of hydrogen-bond acceptors (Lipinski definition) is 2. The molecule has 0 radical (unpaired) electrons. The zero-order valence-electron chi connectivity index (χ0n) is 47.8. The Hall–Kier alpha value is -6.90. The summed E-state index contributed by atoms with van der Waals surface area (Å²) < 4.78 is 187. The normalized spacial score (nSPS) is 17.1. The molecule has 1 heterocycles. The van der Waals surface area contributed by atoms with Gasteiger partial charge in [-0.3, -0.25) is 0 Å². The van der Waals surface area contributed by atoms with Gasteiger partial charge in [-0.25, -0.2) is 0 Å². The third kappa shape index (κ3) is 5.12. The Bertz CT molecular complexity index is 3920. The second-order valence-electron chi connectivity index (χ2n) is 11.7. The van der Waals surface area contributed by atoms with Crippen molar-refractivity contribution >= 4 is 60.5 Å². The molecule has 0 N–H and O–H groups in total. The summed E-state index contributed by atoms with van der Waals surface area (Å²) in [6, 6.07) is 8.23. The Labute approximate surface area is 332 Å². The van der Waals surface area contributed by atoms with Crippen LogP contribution in [-0.4, -0.2) is 0 Å². The van der Waals surface area contributed by atoms with Crippen molar-refractivity contribution in [3.63, 3.8) is 0 Å². The van der Waals surface area contributed by atoms with Crippen molar-refractivity contribution in [3.8, 4) is 33.4 Å². The molecule has 0 unspecified atom stereocenters. The minimum atomic E-state index is -0.600. The van der Waals surface area contributed by atoms with Gasteiger partial charge in [-0.15, -0.1) is 0 Å². The van der Waals surface area contributed by atoms with Crippen LogP contribution in [0.3, 0.4) is 0 Å². The van der Waals surface area contributed by atoms with Crippen molar-refractivity contribution in [2.75, 3.05) is 4.90 Å². The van der Waals surface area contributed by atoms with Crippen LogP contribution < -0.4 is 4.90 Å². The van der Waals surface area contributed by atoms with Crippen LogP contribution in [-0.2, 0) is 0 Å². The van der Waals surface area contributed by atoms with Crippen LogP contribution in [0, 0.1) is 0 Å². The molecule has 2 nitrogen and oxygen atoms in total. The van der Waals surface area contributed by atoms with Crippen LogP contribution >= 0.6 is 0 Å². The number of nitrogens with zero attached hydrogens (tertiary/aromatic N) is 1. The molecule has 0 bridgehead atoms. The first-order valence-electron chi connectivity index (χ1n) is 26.5. The van der Waals surface area contributed by atoms with E-state index in [1.807, 2.05) is 0 Å². The number of rotatable bonds is 6. The Kier molecular flexibility index (Phi) is 3.72. The maximum atomic E-state index is 9.19. The van der Waals surface area contributed by atoms with E-state index in [2.05, 4.69) is 0 Å². The molecule has 0 spiro atoms. The van der Waals surface area contributed by atoms with Crippen molar-refractivity contribution in [2.24, 2.45) is 0 Å². The number of fused-ring (bicyclic) bond motifs is 5. The lowest BCUT2D eigenvalue weighted by Gasteiger charge is -2.26. The van der Waals surface area contributed by atoms with Gasteiger partial charge in [0.25, 0.3) is 0 Å². The van der Waals surface area contributed by atoms with E-state index in [0.29, 0.717) is 17.1 Å². The van der Waals surface area contributed by atoms with Crippen LogP contribution in [0.15, 0.2) is 204 Å². The first kappa shape index (κ1) is 15.6. The van der Waals surface area contributed by atoms with Crippen molar-refractivity contribution < 1.29 is 33.2 Å². The molecular weight excluding hydrogens is 631 g/mol. The summed E-state index contributed by atoms with van der Waals surface area (Å²) in [5.74, 6) is 0. The number of para-hydroxylation sites is 1. The molecule has 0 fully saturated rings. The van der Waals surface area contributed by atoms with Crippen molar-refractivity contribution in [1.29, 1.82) is 0 Å². The van der Waals surface area contributed by atoms with Crippen LogP contribution in [0.2, 0.25) is 0 Å². The molecule has 0 saturated carbocycles. The predicted molar refractivity (Wildman–Crippen MR) is 220 cm³/mol. The number of hydrogen-bond donors (Lipinski definition) is 0. The fraction of sp³-hybridized carbons (Fsp3) is 0. The molecule has 0 aliphatic rings. The van der Waals surface area contributed by atoms with Gasteiger partial charge >= 0.3 is 0 Å². The van der Waals surface area contributed by atoms with Crippen LogP contribution in [0.5, 0.6) is 0 Å². The lowest BCUT2D eigenvalue weighted by atomic mass is 9.97. The number of furan rings is 1. The van der Waals surface area contributed by atoms with Crippen molar-refractivity contribution in [2.45, 2.75) is 0 Å². The monoisotopic (exact) mass is 684 g/mol. The molecule has 10 aromatic rings. The molecule has 1 aromatic heterocycles. The molecule has 52 heavy (non-hydrogen) atoms. The lowest BCUT2D eigenvalue weighted by molar-refractivity contribution is 0.669. The largest absolute Gasteiger partial charge is 0.456 e. The average Bonchev–Trinajstić information content (AvgIpc) is 3.78. The minimum Gasteiger partial charge on any atom is -0.456 e. The highest BCUT2D eigenvalue weighted by Crippen LogP contribution is 2.42. The molecular formula is C50H33NO. The molecule has 0 aliphatic heterocycles. The van der Waals surface area contributed by atoms with Gasteiger partial charge in [-0.2, -0.15) is 0 Å². The van der Waals surface area contributed by atoms with E-state index in [4.69, 9.17) is 31.8 Å². The first-order chi connectivity index (χ1) is 34.5. The standard InChI is InChI=1S/C50H33NO/c1-3-17-42-34(11-1)13-8-20-44(42)36-25-29-39(30-26-36)51(40-31-27-37(28-32-40)45-21-9-14-35-12-2-4-18-43(35)45)41-16-7-15-38(33-41)46-22-10-24-49-50(46)47-19-5-6-23-48(47)52-49/h1-33H/i1D,2D,3D,4D,5D,6D,8D,9D,10D,11D,12D,13D,14D,17D,18D,19D,20D,21D,22D,23D,24D. The number of anilines is 3. The Morgan fingerprint density at radius 1 is 0.385 bits per heavy atom. The van der Waals surface area contributed by atoms with Crippen molar-refractivity contribution in [1.82, 2.24) is 0 Å². The predicted octanol–water partition coefficient (Wildman–Crippen LogP) is 14.4. The summed E-state index contributed by atoms with van der Waals surface area (Å²) in [5.41, 5.74) is 1.49. The second-order valence-corrected chi connectivity index (χ2v) is 11.7. The zero-order valence-corrected chi connectivity index (χ0v) is 26.8. The Morgan fingerprint density at radius 3 is 1.52 bits per heavy atom. The zero-order chi connectivity index (χ0) is 52.7. The molecule has 0 aliphatic carbocycles. The molecule has 9 aromatic carbocycles. The van der Waals surface area contributed by atoms with E-state index in [9.17, 15) is 1.37 Å². The second kappa shape index (κ2) is 12.5. The molecule has 0 atom stereocenters. The van der Waals surface area contributed by atoms with Crippen molar-refractivity contribution in [3.05, 3.63) is 200 Å². The molecule has 10 rings (SSSR count). The quantitative estimate of drug-likeness (QED) is 0.173. The molecule has 2 heteroatoms.